The molecule has 3 heterocycles. The third-order valence-electron chi connectivity index (χ3n) is 9.20. The number of carbonyl (C=O) groups excluding carboxylic acids is 3. The zero-order valence-electron chi connectivity index (χ0n) is 38.2. The second-order valence-electron chi connectivity index (χ2n) is 14.8. The lowest BCUT2D eigenvalue weighted by Crippen LogP contribution is -2.12. The minimum atomic E-state index is -4.40. The molecule has 30 heteroatoms. The molecule has 402 valence electrons. The number of thioether (sulfide) groups is 3. The Morgan fingerprint density at radius 1 is 0.436 bits per heavy atom. The first-order chi connectivity index (χ1) is 36.9. The van der Waals surface area contributed by atoms with Crippen molar-refractivity contribution in [3.63, 3.8) is 0 Å². The van der Waals surface area contributed by atoms with E-state index in [1.54, 1.807) is 48.5 Å². The lowest BCUT2D eigenvalue weighted by molar-refractivity contribution is -0.0337. The summed E-state index contributed by atoms with van der Waals surface area (Å²) in [5.74, 6) is -1.88. The van der Waals surface area contributed by atoms with Crippen molar-refractivity contribution in [3.8, 4) is 34.4 Å². The monoisotopic (exact) mass is 1220 g/mol. The van der Waals surface area contributed by atoms with Gasteiger partial charge in [0, 0.05) is 57.6 Å². The standard InChI is InChI=1S/C16H9BrF3N3O2S.C16H9ClF3N3O2S.C16H9F4N3O2S/c3*17-11-3-1-2-10(8-11)14-22-23-15(25-14)21-13(24)9-4-6-12(7-5-9)26-16(18,19)20/h3*1-8H,(H,21,23,24). The molecule has 0 fully saturated rings. The van der Waals surface area contributed by atoms with Gasteiger partial charge in [-0.2, -0.15) is 39.5 Å². The molecule has 0 atom stereocenters. The van der Waals surface area contributed by atoms with Crippen LogP contribution in [0.5, 0.6) is 0 Å². The number of hydrogen-bond donors (Lipinski definition) is 3. The number of alkyl halides is 9. The summed E-state index contributed by atoms with van der Waals surface area (Å²) in [6.45, 7) is 0. The molecule has 0 saturated heterocycles. The molecular weight excluding hydrogens is 1200 g/mol. The highest BCUT2D eigenvalue weighted by Gasteiger charge is 2.31. The van der Waals surface area contributed by atoms with Crippen LogP contribution in [0.25, 0.3) is 34.4 Å². The summed E-state index contributed by atoms with van der Waals surface area (Å²) >= 11 is 8.44. The molecule has 3 N–H and O–H groups in total. The van der Waals surface area contributed by atoms with Crippen molar-refractivity contribution in [1.82, 2.24) is 30.6 Å². The van der Waals surface area contributed by atoms with E-state index in [1.807, 2.05) is 6.07 Å². The van der Waals surface area contributed by atoms with Crippen molar-refractivity contribution >= 4 is 98.6 Å². The summed E-state index contributed by atoms with van der Waals surface area (Å²) in [6.07, 6.45) is 0. The molecule has 0 aliphatic rings. The van der Waals surface area contributed by atoms with E-state index in [2.05, 4.69) is 62.5 Å². The van der Waals surface area contributed by atoms with E-state index in [9.17, 15) is 58.3 Å². The number of anilines is 3. The summed E-state index contributed by atoms with van der Waals surface area (Å²) in [6, 6.07) is 33.7. The number of halogens is 12. The Morgan fingerprint density at radius 2 is 0.756 bits per heavy atom. The molecule has 9 aromatic rings. The van der Waals surface area contributed by atoms with Crippen LogP contribution in [0.3, 0.4) is 0 Å². The molecule has 0 aliphatic carbocycles. The zero-order chi connectivity index (χ0) is 56.2. The van der Waals surface area contributed by atoms with Crippen molar-refractivity contribution < 1.29 is 71.5 Å². The summed E-state index contributed by atoms with van der Waals surface area (Å²) in [4.78, 5) is 36.3. The quantitative estimate of drug-likeness (QED) is 0.0769. The first-order valence-corrected chi connectivity index (χ1v) is 24.8. The number of carbonyl (C=O) groups is 3. The highest BCUT2D eigenvalue weighted by atomic mass is 79.9. The molecule has 3 aromatic heterocycles. The van der Waals surface area contributed by atoms with E-state index in [0.29, 0.717) is 21.7 Å². The van der Waals surface area contributed by atoms with E-state index in [-0.39, 0.29) is 102 Å². The van der Waals surface area contributed by atoms with Gasteiger partial charge in [0.2, 0.25) is 17.7 Å². The van der Waals surface area contributed by atoms with Gasteiger partial charge in [0.05, 0.1) is 0 Å². The SMILES string of the molecule is O=C(Nc1nnc(-c2cccc(Br)c2)o1)c1ccc(SC(F)(F)F)cc1.O=C(Nc1nnc(-c2cccc(Cl)c2)o1)c1ccc(SC(F)(F)F)cc1.O=C(Nc1nnc(-c2cccc(F)c2)o1)c1ccc(SC(F)(F)F)cc1. The molecule has 78 heavy (non-hydrogen) atoms. The van der Waals surface area contributed by atoms with E-state index >= 15 is 0 Å². The molecule has 0 unspecified atom stereocenters. The Hall–Kier alpha value is -7.73. The van der Waals surface area contributed by atoms with E-state index in [4.69, 9.17) is 24.9 Å². The molecule has 0 spiro atoms. The summed E-state index contributed by atoms with van der Waals surface area (Å²) < 4.78 is 141. The smallest absolute Gasteiger partial charge is 0.403 e. The zero-order valence-corrected chi connectivity index (χ0v) is 43.0. The highest BCUT2D eigenvalue weighted by Crippen LogP contribution is 2.39. The van der Waals surface area contributed by atoms with E-state index in [1.165, 1.54) is 91.0 Å². The highest BCUT2D eigenvalue weighted by molar-refractivity contribution is 9.10. The third-order valence-corrected chi connectivity index (χ3v) is 12.1. The Morgan fingerprint density at radius 3 is 1.08 bits per heavy atom. The third kappa shape index (κ3) is 18.2. The Labute approximate surface area is 457 Å². The Balaban J connectivity index is 0.000000170. The van der Waals surface area contributed by atoms with Gasteiger partial charge >= 0.3 is 34.6 Å². The van der Waals surface area contributed by atoms with Crippen molar-refractivity contribution in [2.45, 2.75) is 31.2 Å². The van der Waals surface area contributed by atoms with Crippen LogP contribution in [0.1, 0.15) is 31.1 Å². The number of benzene rings is 6. The molecule has 0 aliphatic heterocycles. The van der Waals surface area contributed by atoms with Crippen molar-refractivity contribution in [1.29, 1.82) is 0 Å². The first kappa shape index (κ1) is 58.0. The van der Waals surface area contributed by atoms with Crippen molar-refractivity contribution in [2.75, 3.05) is 16.0 Å². The minimum absolute atomic E-state index is 0.0104. The van der Waals surface area contributed by atoms with Gasteiger partial charge in [0.1, 0.15) is 5.82 Å². The molecular formula is C48H27BrClF10N9O6S3. The maximum absolute atomic E-state index is 13.2. The molecule has 15 nitrogen and oxygen atoms in total. The van der Waals surface area contributed by atoms with Crippen LogP contribution in [0.15, 0.2) is 178 Å². The van der Waals surface area contributed by atoms with E-state index < -0.39 is 40.1 Å². The maximum Gasteiger partial charge on any atom is 0.446 e. The number of hydrogen-bond acceptors (Lipinski definition) is 15. The fraction of sp³-hybridized carbons (Fsp3) is 0.0625. The lowest BCUT2D eigenvalue weighted by atomic mass is 10.2. The van der Waals surface area contributed by atoms with Gasteiger partial charge in [-0.3, -0.25) is 30.3 Å². The van der Waals surface area contributed by atoms with Crippen LogP contribution < -0.4 is 16.0 Å². The van der Waals surface area contributed by atoms with Gasteiger partial charge in [-0.05, 0) is 163 Å². The largest absolute Gasteiger partial charge is 0.446 e. The lowest BCUT2D eigenvalue weighted by Gasteiger charge is -2.06. The molecule has 0 saturated carbocycles. The van der Waals surface area contributed by atoms with E-state index in [0.717, 1.165) is 4.47 Å². The molecule has 0 bridgehead atoms. The van der Waals surface area contributed by atoms with Crippen molar-refractivity contribution in [2.24, 2.45) is 0 Å². The van der Waals surface area contributed by atoms with Gasteiger partial charge < -0.3 is 13.3 Å². The number of amides is 3. The van der Waals surface area contributed by atoms with Gasteiger partial charge in [-0.25, -0.2) is 4.39 Å². The van der Waals surface area contributed by atoms with Crippen molar-refractivity contribution in [3.05, 3.63) is 178 Å². The van der Waals surface area contributed by atoms with Crippen LogP contribution in [0, 0.1) is 5.82 Å². The predicted molar refractivity (Wildman–Crippen MR) is 271 cm³/mol. The topological polar surface area (TPSA) is 204 Å². The van der Waals surface area contributed by atoms with Crippen LogP contribution in [-0.2, 0) is 0 Å². The molecule has 6 aromatic carbocycles. The number of nitrogens with one attached hydrogen (secondary N) is 3. The molecule has 0 radical (unpaired) electrons. The number of rotatable bonds is 12. The average Bonchev–Trinajstić information content (AvgIpc) is 4.17. The summed E-state index contributed by atoms with van der Waals surface area (Å²) in [5, 5.41) is 30.1. The molecule has 9 rings (SSSR count). The van der Waals surface area contributed by atoms with Gasteiger partial charge in [-0.15, -0.1) is 15.3 Å². The maximum atomic E-state index is 13.2. The fourth-order valence-corrected chi connectivity index (χ4v) is 8.18. The van der Waals surface area contributed by atoms with Crippen LogP contribution in [-0.4, -0.2) is 64.8 Å². The summed E-state index contributed by atoms with van der Waals surface area (Å²) in [7, 11) is 0. The van der Waals surface area contributed by atoms with Crippen LogP contribution >= 0.6 is 62.8 Å². The first-order valence-electron chi connectivity index (χ1n) is 21.2. The number of aromatic nitrogens is 6. The second kappa shape index (κ2) is 25.6. The average molecular weight is 1230 g/mol. The van der Waals surface area contributed by atoms with Gasteiger partial charge in [0.15, 0.2) is 0 Å². The van der Waals surface area contributed by atoms with Crippen LogP contribution in [0.2, 0.25) is 5.02 Å². The normalized spacial score (nSPS) is 11.4. The molecule has 3 amide bonds. The summed E-state index contributed by atoms with van der Waals surface area (Å²) in [5.41, 5.74) is -11.1. The van der Waals surface area contributed by atoms with Crippen LogP contribution in [0.4, 0.5) is 61.9 Å². The predicted octanol–water partition coefficient (Wildman–Crippen LogP) is 15.4. The Kier molecular flexibility index (Phi) is 19.0. The fourth-order valence-electron chi connectivity index (χ4n) is 5.97. The second-order valence-corrected chi connectivity index (χ2v) is 19.6. The minimum Gasteiger partial charge on any atom is -0.403 e. The number of nitrogens with zero attached hydrogens (tertiary/aromatic N) is 6. The van der Waals surface area contributed by atoms with Gasteiger partial charge in [-0.1, -0.05) is 61.0 Å². The van der Waals surface area contributed by atoms with Gasteiger partial charge in [0.25, 0.3) is 17.7 Å². The Bertz CT molecular complexity index is 3150.